The van der Waals surface area contributed by atoms with E-state index in [1.165, 1.54) is 0 Å². The Morgan fingerprint density at radius 2 is 1.77 bits per heavy atom. The smallest absolute Gasteiger partial charge is 0.287 e. The molecule has 0 atom stereocenters. The summed E-state index contributed by atoms with van der Waals surface area (Å²) in [4.78, 5) is 23.8. The number of amides is 2. The maximum absolute atomic E-state index is 12.1. The number of hydrogen-bond donors (Lipinski definition) is 3. The van der Waals surface area contributed by atoms with Crippen molar-refractivity contribution in [2.75, 3.05) is 6.61 Å². The molecule has 0 aliphatic rings. The van der Waals surface area contributed by atoms with E-state index in [1.54, 1.807) is 18.2 Å². The molecule has 0 saturated carbocycles. The summed E-state index contributed by atoms with van der Waals surface area (Å²) in [5.41, 5.74) is 6.38. The highest BCUT2D eigenvalue weighted by Crippen LogP contribution is 2.16. The van der Waals surface area contributed by atoms with Crippen molar-refractivity contribution in [3.63, 3.8) is 0 Å². The minimum absolute atomic E-state index is 0.209. The van der Waals surface area contributed by atoms with E-state index >= 15 is 0 Å². The second-order valence-corrected chi connectivity index (χ2v) is 6.52. The predicted octanol–water partition coefficient (Wildman–Crippen LogP) is 2.52. The lowest BCUT2D eigenvalue weighted by Crippen LogP contribution is -2.44. The van der Waals surface area contributed by atoms with Gasteiger partial charge in [-0.3, -0.25) is 25.5 Å². The monoisotopic (exact) mass is 462 g/mol. The van der Waals surface area contributed by atoms with Gasteiger partial charge >= 0.3 is 0 Å². The summed E-state index contributed by atoms with van der Waals surface area (Å²) in [5.74, 6) is -0.394. The summed E-state index contributed by atoms with van der Waals surface area (Å²) in [7, 11) is 0. The fourth-order valence-corrected chi connectivity index (χ4v) is 2.46. The SMILES string of the molecule is O=C(COc1ccc(I)cc1)NNC(=O)c1cc(-c2ccccc2)n[nH]1. The van der Waals surface area contributed by atoms with E-state index < -0.39 is 11.8 Å². The Bertz CT molecular complexity index is 894. The van der Waals surface area contributed by atoms with E-state index in [4.69, 9.17) is 4.74 Å². The van der Waals surface area contributed by atoms with Crippen LogP contribution in [0.4, 0.5) is 0 Å². The molecule has 0 aliphatic carbocycles. The normalized spacial score (nSPS) is 10.2. The number of halogens is 1. The summed E-state index contributed by atoms with van der Waals surface area (Å²) in [5, 5.41) is 6.74. The third-order valence-corrected chi connectivity index (χ3v) is 4.11. The van der Waals surface area contributed by atoms with E-state index in [1.807, 2.05) is 42.5 Å². The van der Waals surface area contributed by atoms with Gasteiger partial charge in [0.2, 0.25) is 0 Å². The number of hydrogen-bond acceptors (Lipinski definition) is 4. The molecule has 0 aliphatic heterocycles. The molecule has 1 heterocycles. The lowest BCUT2D eigenvalue weighted by molar-refractivity contribution is -0.123. The highest BCUT2D eigenvalue weighted by atomic mass is 127. The van der Waals surface area contributed by atoms with Gasteiger partial charge in [0.1, 0.15) is 11.4 Å². The molecule has 3 rings (SSSR count). The van der Waals surface area contributed by atoms with Gasteiger partial charge in [-0.05, 0) is 52.9 Å². The van der Waals surface area contributed by atoms with Crippen LogP contribution in [0.15, 0.2) is 60.7 Å². The molecule has 0 saturated heterocycles. The Balaban J connectivity index is 1.48. The van der Waals surface area contributed by atoms with Gasteiger partial charge < -0.3 is 4.74 Å². The number of nitrogens with zero attached hydrogens (tertiary/aromatic N) is 1. The topological polar surface area (TPSA) is 96.1 Å². The summed E-state index contributed by atoms with van der Waals surface area (Å²) >= 11 is 2.18. The number of aromatic nitrogens is 2. The minimum atomic E-state index is -0.498. The van der Waals surface area contributed by atoms with Crippen molar-refractivity contribution in [1.82, 2.24) is 21.0 Å². The maximum Gasteiger partial charge on any atom is 0.287 e. The van der Waals surface area contributed by atoms with Crippen LogP contribution in [0.1, 0.15) is 10.5 Å². The zero-order valence-corrected chi connectivity index (χ0v) is 15.7. The number of nitrogens with one attached hydrogen (secondary N) is 3. The Hall–Kier alpha value is -2.88. The average molecular weight is 462 g/mol. The molecule has 0 spiro atoms. The second kappa shape index (κ2) is 8.48. The van der Waals surface area contributed by atoms with E-state index in [9.17, 15) is 9.59 Å². The quantitative estimate of drug-likeness (QED) is 0.401. The summed E-state index contributed by atoms with van der Waals surface area (Å²) in [6.45, 7) is -0.209. The van der Waals surface area contributed by atoms with Crippen LogP contribution in [-0.2, 0) is 4.79 Å². The van der Waals surface area contributed by atoms with Crippen LogP contribution in [0, 0.1) is 3.57 Å². The standard InChI is InChI=1S/C18H15IN4O3/c19-13-6-8-14(9-7-13)26-11-17(24)22-23-18(25)16-10-15(20-21-16)12-4-2-1-3-5-12/h1-10H,11H2,(H,20,21)(H,22,24)(H,23,25). The number of benzene rings is 2. The molecule has 0 fully saturated rings. The van der Waals surface area contributed by atoms with Gasteiger partial charge in [-0.1, -0.05) is 30.3 Å². The van der Waals surface area contributed by atoms with Gasteiger partial charge in [-0.15, -0.1) is 0 Å². The summed E-state index contributed by atoms with van der Waals surface area (Å²) in [6, 6.07) is 18.3. The van der Waals surface area contributed by atoms with Crippen molar-refractivity contribution in [3.05, 3.63) is 69.9 Å². The molecule has 26 heavy (non-hydrogen) atoms. The van der Waals surface area contributed by atoms with Gasteiger partial charge in [0.25, 0.3) is 11.8 Å². The lowest BCUT2D eigenvalue weighted by Gasteiger charge is -2.08. The molecule has 1 aromatic heterocycles. The largest absolute Gasteiger partial charge is 0.484 e. The van der Waals surface area contributed by atoms with Crippen LogP contribution in [0.5, 0.6) is 5.75 Å². The molecule has 8 heteroatoms. The van der Waals surface area contributed by atoms with Gasteiger partial charge in [0, 0.05) is 9.13 Å². The Kier molecular flexibility index (Phi) is 5.84. The van der Waals surface area contributed by atoms with E-state index in [2.05, 4.69) is 43.6 Å². The summed E-state index contributed by atoms with van der Waals surface area (Å²) in [6.07, 6.45) is 0. The molecule has 7 nitrogen and oxygen atoms in total. The van der Waals surface area contributed by atoms with Gasteiger partial charge in [-0.25, -0.2) is 0 Å². The van der Waals surface area contributed by atoms with Crippen LogP contribution >= 0.6 is 22.6 Å². The number of carbonyl (C=O) groups excluding carboxylic acids is 2. The highest BCUT2D eigenvalue weighted by molar-refractivity contribution is 14.1. The molecular weight excluding hydrogens is 447 g/mol. The fourth-order valence-electron chi connectivity index (χ4n) is 2.10. The molecule has 3 aromatic rings. The van der Waals surface area contributed by atoms with Gasteiger partial charge in [0.05, 0.1) is 5.69 Å². The van der Waals surface area contributed by atoms with E-state index in [-0.39, 0.29) is 12.3 Å². The first-order valence-corrected chi connectivity index (χ1v) is 8.78. The molecule has 0 bridgehead atoms. The molecular formula is C18H15IN4O3. The molecule has 0 radical (unpaired) electrons. The molecule has 2 amide bonds. The molecule has 132 valence electrons. The van der Waals surface area contributed by atoms with Gasteiger partial charge in [0.15, 0.2) is 6.61 Å². The van der Waals surface area contributed by atoms with Crippen LogP contribution in [0.2, 0.25) is 0 Å². The number of hydrazine groups is 1. The van der Waals surface area contributed by atoms with E-state index in [0.717, 1.165) is 9.13 Å². The van der Waals surface area contributed by atoms with Crippen LogP contribution in [-0.4, -0.2) is 28.6 Å². The number of H-pyrrole nitrogens is 1. The molecule has 0 unspecified atom stereocenters. The molecule has 2 aromatic carbocycles. The van der Waals surface area contributed by atoms with Crippen molar-refractivity contribution in [2.24, 2.45) is 0 Å². The molecule has 3 N–H and O–H groups in total. The zero-order valence-electron chi connectivity index (χ0n) is 13.5. The Labute approximate surface area is 163 Å². The second-order valence-electron chi connectivity index (χ2n) is 5.28. The summed E-state index contributed by atoms with van der Waals surface area (Å²) < 4.78 is 6.41. The first-order chi connectivity index (χ1) is 12.6. The zero-order chi connectivity index (χ0) is 18.4. The predicted molar refractivity (Wildman–Crippen MR) is 104 cm³/mol. The Morgan fingerprint density at radius 1 is 1.04 bits per heavy atom. The number of carbonyl (C=O) groups is 2. The van der Waals surface area contributed by atoms with Crippen LogP contribution in [0.3, 0.4) is 0 Å². The minimum Gasteiger partial charge on any atom is -0.484 e. The van der Waals surface area contributed by atoms with Crippen molar-refractivity contribution in [3.8, 4) is 17.0 Å². The number of rotatable bonds is 5. The fraction of sp³-hybridized carbons (Fsp3) is 0.0556. The van der Waals surface area contributed by atoms with Crippen molar-refractivity contribution in [2.45, 2.75) is 0 Å². The van der Waals surface area contributed by atoms with Gasteiger partial charge in [-0.2, -0.15) is 5.10 Å². The first kappa shape index (κ1) is 17.9. The van der Waals surface area contributed by atoms with Crippen molar-refractivity contribution < 1.29 is 14.3 Å². The third kappa shape index (κ3) is 4.82. The third-order valence-electron chi connectivity index (χ3n) is 3.39. The van der Waals surface area contributed by atoms with E-state index in [0.29, 0.717) is 11.4 Å². The van der Waals surface area contributed by atoms with Crippen LogP contribution < -0.4 is 15.6 Å². The van der Waals surface area contributed by atoms with Crippen molar-refractivity contribution in [1.29, 1.82) is 0 Å². The highest BCUT2D eigenvalue weighted by Gasteiger charge is 2.12. The Morgan fingerprint density at radius 3 is 2.50 bits per heavy atom. The van der Waals surface area contributed by atoms with Crippen LogP contribution in [0.25, 0.3) is 11.3 Å². The maximum atomic E-state index is 12.1. The number of ether oxygens (including phenoxy) is 1. The average Bonchev–Trinajstić information content (AvgIpc) is 3.17. The van der Waals surface area contributed by atoms with Crippen molar-refractivity contribution >= 4 is 34.4 Å². The first-order valence-electron chi connectivity index (χ1n) is 7.70. The number of aromatic amines is 1. The lowest BCUT2D eigenvalue weighted by atomic mass is 10.1.